The molecule has 0 amide bonds. The van der Waals surface area contributed by atoms with Gasteiger partial charge in [-0.3, -0.25) is 9.69 Å². The molecule has 0 aliphatic carbocycles. The number of hydrogen-bond donors (Lipinski definition) is 0. The fourth-order valence-corrected chi connectivity index (χ4v) is 1.63. The molecule has 1 atom stereocenters. The highest BCUT2D eigenvalue weighted by Crippen LogP contribution is 2.05. The minimum absolute atomic E-state index is 0.231. The Morgan fingerprint density at radius 3 is 2.67 bits per heavy atom. The molecule has 0 N–H and O–H groups in total. The molecule has 84 valence electrons. The van der Waals surface area contributed by atoms with Gasteiger partial charge in [-0.05, 0) is 32.4 Å². The Kier molecular flexibility index (Phi) is 5.20. The van der Waals surface area contributed by atoms with Crippen LogP contribution in [0.25, 0.3) is 0 Å². The van der Waals surface area contributed by atoms with Crippen LogP contribution >= 0.6 is 0 Å². The molecule has 0 aromatic heterocycles. The van der Waals surface area contributed by atoms with Crippen molar-refractivity contribution in [1.82, 2.24) is 4.90 Å². The summed E-state index contributed by atoms with van der Waals surface area (Å²) in [5.74, 6) is 5.82. The summed E-state index contributed by atoms with van der Waals surface area (Å²) in [6.45, 7) is 6.50. The third-order valence-corrected chi connectivity index (χ3v) is 2.44. The predicted molar refractivity (Wildman–Crippen MR) is 59.3 cm³/mol. The van der Waals surface area contributed by atoms with Gasteiger partial charge in [-0.15, -0.1) is 0 Å². The van der Waals surface area contributed by atoms with Crippen molar-refractivity contribution in [1.29, 1.82) is 0 Å². The van der Waals surface area contributed by atoms with E-state index in [9.17, 15) is 4.79 Å². The Morgan fingerprint density at radius 1 is 1.47 bits per heavy atom. The Hall–Kier alpha value is -1.01. The lowest BCUT2D eigenvalue weighted by Gasteiger charge is -2.10. The number of hydrogen-bond acceptors (Lipinski definition) is 3. The van der Waals surface area contributed by atoms with Crippen LogP contribution in [0, 0.1) is 11.8 Å². The fraction of sp³-hybridized carbons (Fsp3) is 0.750. The van der Waals surface area contributed by atoms with Crippen molar-refractivity contribution >= 4 is 5.97 Å². The summed E-state index contributed by atoms with van der Waals surface area (Å²) in [7, 11) is 0. The molecule has 1 heterocycles. The average Bonchev–Trinajstić information content (AvgIpc) is 2.68. The summed E-state index contributed by atoms with van der Waals surface area (Å²) >= 11 is 0. The predicted octanol–water partition coefficient (Wildman–Crippen LogP) is 1.43. The number of carbonyl (C=O) groups excluding carboxylic acids is 1. The first kappa shape index (κ1) is 12.1. The van der Waals surface area contributed by atoms with E-state index >= 15 is 0 Å². The second-order valence-electron chi connectivity index (χ2n) is 3.81. The maximum absolute atomic E-state index is 10.7. The van der Waals surface area contributed by atoms with E-state index in [1.54, 1.807) is 0 Å². The van der Waals surface area contributed by atoms with Gasteiger partial charge in [-0.25, -0.2) is 0 Å². The topological polar surface area (TPSA) is 29.5 Å². The van der Waals surface area contributed by atoms with Crippen molar-refractivity contribution in [2.45, 2.75) is 39.2 Å². The van der Waals surface area contributed by atoms with E-state index in [0.29, 0.717) is 0 Å². The highest BCUT2D eigenvalue weighted by atomic mass is 16.5. The van der Waals surface area contributed by atoms with Crippen LogP contribution in [-0.2, 0) is 9.53 Å². The summed E-state index contributed by atoms with van der Waals surface area (Å²) in [5, 5.41) is 0. The summed E-state index contributed by atoms with van der Waals surface area (Å²) in [6, 6.07) is 0. The molecule has 15 heavy (non-hydrogen) atoms. The molecule has 1 saturated heterocycles. The molecule has 1 unspecified atom stereocenters. The molecule has 0 aromatic carbocycles. The molecule has 1 aliphatic heterocycles. The lowest BCUT2D eigenvalue weighted by Crippen LogP contribution is -2.20. The van der Waals surface area contributed by atoms with Crippen LogP contribution in [0.5, 0.6) is 0 Å². The van der Waals surface area contributed by atoms with Crippen LogP contribution in [0.15, 0.2) is 0 Å². The van der Waals surface area contributed by atoms with Crippen LogP contribution in [0.1, 0.15) is 33.1 Å². The molecule has 3 nitrogen and oxygen atoms in total. The third-order valence-electron chi connectivity index (χ3n) is 2.44. The van der Waals surface area contributed by atoms with Crippen molar-refractivity contribution in [3.8, 4) is 11.8 Å². The smallest absolute Gasteiger partial charge is 0.303 e. The zero-order valence-electron chi connectivity index (χ0n) is 9.58. The number of nitrogens with zero attached hydrogens (tertiary/aromatic N) is 1. The zero-order valence-corrected chi connectivity index (χ0v) is 9.58. The molecule has 3 heteroatoms. The van der Waals surface area contributed by atoms with Crippen LogP contribution in [0.4, 0.5) is 0 Å². The Labute approximate surface area is 91.8 Å². The van der Waals surface area contributed by atoms with Crippen LogP contribution in [0.3, 0.4) is 0 Å². The first-order valence-electron chi connectivity index (χ1n) is 5.60. The van der Waals surface area contributed by atoms with Crippen molar-refractivity contribution in [3.05, 3.63) is 0 Å². The van der Waals surface area contributed by atoms with Gasteiger partial charge in [0, 0.05) is 6.92 Å². The molecular weight excluding hydrogens is 190 g/mol. The first-order chi connectivity index (χ1) is 7.22. The molecular formula is C12H19NO2. The van der Waals surface area contributed by atoms with Gasteiger partial charge < -0.3 is 4.74 Å². The maximum Gasteiger partial charge on any atom is 0.303 e. The number of esters is 1. The van der Waals surface area contributed by atoms with Crippen molar-refractivity contribution in [3.63, 3.8) is 0 Å². The Morgan fingerprint density at radius 2 is 2.13 bits per heavy atom. The summed E-state index contributed by atoms with van der Waals surface area (Å²) < 4.78 is 5.03. The molecule has 1 rings (SSSR count). The van der Waals surface area contributed by atoms with Gasteiger partial charge in [0.25, 0.3) is 0 Å². The van der Waals surface area contributed by atoms with Gasteiger partial charge in [-0.2, -0.15) is 0 Å². The molecule has 0 saturated carbocycles. The molecule has 0 spiro atoms. The van der Waals surface area contributed by atoms with Crippen molar-refractivity contribution < 1.29 is 9.53 Å². The summed E-state index contributed by atoms with van der Waals surface area (Å²) in [4.78, 5) is 13.1. The largest absolute Gasteiger partial charge is 0.449 e. The van der Waals surface area contributed by atoms with Crippen LogP contribution < -0.4 is 0 Å². The normalized spacial score (nSPS) is 18.0. The van der Waals surface area contributed by atoms with Gasteiger partial charge in [0.15, 0.2) is 6.10 Å². The number of likely N-dealkylation sites (tertiary alicyclic amines) is 1. The van der Waals surface area contributed by atoms with E-state index in [2.05, 4.69) is 16.7 Å². The Balaban J connectivity index is 2.29. The monoisotopic (exact) mass is 209 g/mol. The SMILES string of the molecule is CCC(C#CCN1CCCC1)OC(C)=O. The number of rotatable bonds is 3. The average molecular weight is 209 g/mol. The van der Waals surface area contributed by atoms with Gasteiger partial charge in [0.2, 0.25) is 0 Å². The highest BCUT2D eigenvalue weighted by Gasteiger charge is 2.09. The minimum atomic E-state index is -0.252. The highest BCUT2D eigenvalue weighted by molar-refractivity contribution is 5.66. The Bertz CT molecular complexity index is 259. The number of ether oxygens (including phenoxy) is 1. The van der Waals surface area contributed by atoms with Gasteiger partial charge >= 0.3 is 5.97 Å². The second-order valence-corrected chi connectivity index (χ2v) is 3.81. The molecule has 1 fully saturated rings. The molecule has 0 aromatic rings. The minimum Gasteiger partial charge on any atom is -0.449 e. The molecule has 0 radical (unpaired) electrons. The first-order valence-corrected chi connectivity index (χ1v) is 5.60. The lowest BCUT2D eigenvalue weighted by atomic mass is 10.3. The van der Waals surface area contributed by atoms with E-state index in [4.69, 9.17) is 4.74 Å². The van der Waals surface area contributed by atoms with Crippen LogP contribution in [0.2, 0.25) is 0 Å². The number of carbonyl (C=O) groups is 1. The molecule has 1 aliphatic rings. The molecule has 0 bridgehead atoms. The summed E-state index contributed by atoms with van der Waals surface area (Å²) in [6.07, 6.45) is 3.09. The summed E-state index contributed by atoms with van der Waals surface area (Å²) in [5.41, 5.74) is 0. The maximum atomic E-state index is 10.7. The van der Waals surface area contributed by atoms with Gasteiger partial charge in [0.05, 0.1) is 6.54 Å². The van der Waals surface area contributed by atoms with Gasteiger partial charge in [0.1, 0.15) is 0 Å². The van der Waals surface area contributed by atoms with E-state index < -0.39 is 0 Å². The van der Waals surface area contributed by atoms with E-state index in [0.717, 1.165) is 26.1 Å². The standard InChI is InChI=1S/C12H19NO2/c1-3-12(15-11(2)14)7-6-10-13-8-4-5-9-13/h12H,3-5,8-10H2,1-2H3. The van der Waals surface area contributed by atoms with E-state index in [1.807, 2.05) is 6.92 Å². The van der Waals surface area contributed by atoms with Crippen molar-refractivity contribution in [2.24, 2.45) is 0 Å². The fourth-order valence-electron chi connectivity index (χ4n) is 1.63. The van der Waals surface area contributed by atoms with Crippen molar-refractivity contribution in [2.75, 3.05) is 19.6 Å². The second kappa shape index (κ2) is 6.47. The quantitative estimate of drug-likeness (QED) is 0.520. The van der Waals surface area contributed by atoms with E-state index in [-0.39, 0.29) is 12.1 Å². The lowest BCUT2D eigenvalue weighted by molar-refractivity contribution is -0.143. The van der Waals surface area contributed by atoms with Crippen LogP contribution in [-0.4, -0.2) is 36.6 Å². The van der Waals surface area contributed by atoms with E-state index in [1.165, 1.54) is 19.8 Å². The third kappa shape index (κ3) is 4.85. The zero-order chi connectivity index (χ0) is 11.1. The van der Waals surface area contributed by atoms with Gasteiger partial charge in [-0.1, -0.05) is 18.8 Å².